The molecule has 0 fully saturated rings. The Morgan fingerprint density at radius 1 is 0.533 bits per heavy atom. The summed E-state index contributed by atoms with van der Waals surface area (Å²) in [4.78, 5) is 18.4. The molecule has 1 unspecified atom stereocenters. The molecule has 0 N–H and O–H groups in total. The molecule has 4 aromatic heterocycles. The summed E-state index contributed by atoms with van der Waals surface area (Å²) in [6, 6.07) is 32.5. The van der Waals surface area contributed by atoms with Crippen LogP contribution >= 0.6 is 0 Å². The van der Waals surface area contributed by atoms with Gasteiger partial charge in [0.15, 0.2) is 0 Å². The fraction of sp³-hybridized carbons (Fsp3) is 0.171. The zero-order chi connectivity index (χ0) is 30.8. The van der Waals surface area contributed by atoms with Crippen molar-refractivity contribution >= 4 is 21.5 Å². The van der Waals surface area contributed by atoms with Gasteiger partial charge in [-0.3, -0.25) is 19.9 Å². The lowest BCUT2D eigenvalue weighted by Crippen LogP contribution is -2.20. The molecule has 7 rings (SSSR count). The maximum Gasteiger partial charge on any atom is 0.0717 e. The zero-order valence-electron chi connectivity index (χ0n) is 26.0. The highest BCUT2D eigenvalue weighted by Crippen LogP contribution is 2.45. The van der Waals surface area contributed by atoms with Crippen LogP contribution in [0.25, 0.3) is 66.3 Å². The number of pyridine rings is 4. The minimum Gasteiger partial charge on any atom is -0.264 e. The first-order chi connectivity index (χ1) is 22.1. The number of aromatic nitrogens is 4. The number of fused-ring (bicyclic) bond motifs is 2. The van der Waals surface area contributed by atoms with E-state index in [2.05, 4.69) is 97.5 Å². The van der Waals surface area contributed by atoms with Gasteiger partial charge >= 0.3 is 0 Å². The number of benzene rings is 3. The van der Waals surface area contributed by atoms with Crippen LogP contribution in [-0.2, 0) is 5.41 Å². The number of nitrogens with zero attached hydrogens (tertiary/aromatic N) is 4. The van der Waals surface area contributed by atoms with Gasteiger partial charge in [0.05, 0.1) is 11.4 Å². The summed E-state index contributed by atoms with van der Waals surface area (Å²) in [5.74, 6) is 0. The topological polar surface area (TPSA) is 51.6 Å². The number of rotatable bonds is 8. The highest BCUT2D eigenvalue weighted by molar-refractivity contribution is 6.21. The zero-order valence-corrected chi connectivity index (χ0v) is 26.0. The average Bonchev–Trinajstić information content (AvgIpc) is 3.11. The van der Waals surface area contributed by atoms with Crippen LogP contribution in [-0.4, -0.2) is 19.9 Å². The minimum absolute atomic E-state index is 0.0986. The van der Waals surface area contributed by atoms with Gasteiger partial charge in [-0.05, 0) is 99.0 Å². The molecular weight excluding hydrogens is 548 g/mol. The van der Waals surface area contributed by atoms with Gasteiger partial charge in [0.2, 0.25) is 0 Å². The van der Waals surface area contributed by atoms with E-state index in [9.17, 15) is 0 Å². The van der Waals surface area contributed by atoms with E-state index in [0.717, 1.165) is 52.9 Å². The molecule has 0 saturated heterocycles. The second-order valence-electron chi connectivity index (χ2n) is 12.1. The standard InChI is InChI=1S/C41H36N4/c1-4-20-41(3,5-2)32-16-17-35-36(23-32)40(31-15-19-38(45-27-31)29-11-9-22-43-25-29)34-13-7-6-12-33(34)39(35)30-14-18-37(44-26-30)28-10-8-21-42-24-28/h6-19,21-27H,4-5,20H2,1-3H3. The van der Waals surface area contributed by atoms with Crippen LogP contribution in [0.1, 0.15) is 45.6 Å². The first kappa shape index (κ1) is 28.5. The van der Waals surface area contributed by atoms with Crippen molar-refractivity contribution in [3.05, 3.63) is 134 Å². The molecule has 0 amide bonds. The van der Waals surface area contributed by atoms with Crippen molar-refractivity contribution in [1.82, 2.24) is 19.9 Å². The van der Waals surface area contributed by atoms with Crippen molar-refractivity contribution in [2.45, 2.75) is 45.4 Å². The lowest BCUT2D eigenvalue weighted by Gasteiger charge is -2.29. The van der Waals surface area contributed by atoms with Gasteiger partial charge in [0.1, 0.15) is 0 Å². The van der Waals surface area contributed by atoms with Crippen molar-refractivity contribution in [3.63, 3.8) is 0 Å². The summed E-state index contributed by atoms with van der Waals surface area (Å²) in [6.45, 7) is 7.00. The van der Waals surface area contributed by atoms with Crippen LogP contribution in [0.4, 0.5) is 0 Å². The summed E-state index contributed by atoms with van der Waals surface area (Å²) >= 11 is 0. The molecule has 0 spiro atoms. The molecule has 7 aromatic rings. The van der Waals surface area contributed by atoms with Crippen LogP contribution in [0.15, 0.2) is 128 Å². The molecule has 0 saturated carbocycles. The normalized spacial score (nSPS) is 12.8. The summed E-state index contributed by atoms with van der Waals surface area (Å²) < 4.78 is 0. The average molecular weight is 585 g/mol. The second-order valence-corrected chi connectivity index (χ2v) is 12.1. The summed E-state index contributed by atoms with van der Waals surface area (Å²) in [6.07, 6.45) is 14.7. The van der Waals surface area contributed by atoms with Gasteiger partial charge < -0.3 is 0 Å². The third-order valence-electron chi connectivity index (χ3n) is 9.32. The predicted molar refractivity (Wildman–Crippen MR) is 187 cm³/mol. The second kappa shape index (κ2) is 12.0. The van der Waals surface area contributed by atoms with Crippen molar-refractivity contribution in [1.29, 1.82) is 0 Å². The van der Waals surface area contributed by atoms with Gasteiger partial charge in [-0.25, -0.2) is 0 Å². The van der Waals surface area contributed by atoms with E-state index in [-0.39, 0.29) is 5.41 Å². The Hall–Kier alpha value is -5.22. The van der Waals surface area contributed by atoms with E-state index in [1.807, 2.05) is 49.1 Å². The van der Waals surface area contributed by atoms with Crippen LogP contribution in [0.2, 0.25) is 0 Å². The van der Waals surface area contributed by atoms with E-state index in [4.69, 9.17) is 9.97 Å². The van der Waals surface area contributed by atoms with Crippen molar-refractivity contribution in [3.8, 4) is 44.8 Å². The quantitative estimate of drug-likeness (QED) is 0.167. The summed E-state index contributed by atoms with van der Waals surface area (Å²) in [5.41, 5.74) is 9.95. The predicted octanol–water partition coefficient (Wildman–Crippen LogP) is 10.7. The fourth-order valence-electron chi connectivity index (χ4n) is 6.71. The van der Waals surface area contributed by atoms with Gasteiger partial charge in [-0.15, -0.1) is 0 Å². The molecule has 0 bridgehead atoms. The monoisotopic (exact) mass is 584 g/mol. The molecular formula is C41H36N4. The Morgan fingerprint density at radius 2 is 1.09 bits per heavy atom. The first-order valence-electron chi connectivity index (χ1n) is 15.8. The largest absolute Gasteiger partial charge is 0.264 e. The third kappa shape index (κ3) is 5.27. The Bertz CT molecular complexity index is 2090. The molecule has 0 radical (unpaired) electrons. The lowest BCUT2D eigenvalue weighted by molar-refractivity contribution is 0.414. The molecule has 4 heteroatoms. The SMILES string of the molecule is CCCC(C)(CC)c1ccc2c(-c3ccc(-c4cccnc4)nc3)c3ccccc3c(-c3ccc(-c4cccnc4)nc3)c2c1. The maximum atomic E-state index is 4.92. The summed E-state index contributed by atoms with van der Waals surface area (Å²) in [7, 11) is 0. The molecule has 45 heavy (non-hydrogen) atoms. The van der Waals surface area contributed by atoms with Crippen LogP contribution in [0.3, 0.4) is 0 Å². The first-order valence-corrected chi connectivity index (χ1v) is 15.8. The van der Waals surface area contributed by atoms with E-state index < -0.39 is 0 Å². The van der Waals surface area contributed by atoms with Crippen molar-refractivity contribution in [2.24, 2.45) is 0 Å². The molecule has 1 atom stereocenters. The molecule has 3 aromatic carbocycles. The smallest absolute Gasteiger partial charge is 0.0717 e. The fourth-order valence-corrected chi connectivity index (χ4v) is 6.71. The maximum absolute atomic E-state index is 4.92. The van der Waals surface area contributed by atoms with Crippen LogP contribution < -0.4 is 0 Å². The highest BCUT2D eigenvalue weighted by atomic mass is 14.7. The highest BCUT2D eigenvalue weighted by Gasteiger charge is 2.25. The minimum atomic E-state index is 0.0986. The molecule has 4 heterocycles. The van der Waals surface area contributed by atoms with Crippen molar-refractivity contribution in [2.75, 3.05) is 0 Å². The van der Waals surface area contributed by atoms with E-state index in [1.54, 1.807) is 12.4 Å². The van der Waals surface area contributed by atoms with Crippen molar-refractivity contribution < 1.29 is 0 Å². The van der Waals surface area contributed by atoms with E-state index in [1.165, 1.54) is 38.2 Å². The van der Waals surface area contributed by atoms with Crippen LogP contribution in [0, 0.1) is 0 Å². The molecule has 220 valence electrons. The van der Waals surface area contributed by atoms with E-state index in [0.29, 0.717) is 0 Å². The van der Waals surface area contributed by atoms with Gasteiger partial charge in [0.25, 0.3) is 0 Å². The Morgan fingerprint density at radius 3 is 1.56 bits per heavy atom. The number of hydrogen-bond donors (Lipinski definition) is 0. The van der Waals surface area contributed by atoms with Gasteiger partial charge in [0, 0.05) is 59.4 Å². The third-order valence-corrected chi connectivity index (χ3v) is 9.32. The summed E-state index contributed by atoms with van der Waals surface area (Å²) in [5, 5.41) is 4.86. The van der Waals surface area contributed by atoms with Gasteiger partial charge in [-0.2, -0.15) is 0 Å². The molecule has 0 aliphatic heterocycles. The lowest BCUT2D eigenvalue weighted by atomic mass is 9.75. The molecule has 0 aliphatic carbocycles. The molecule has 0 aliphatic rings. The Kier molecular flexibility index (Phi) is 7.64. The Labute approximate surface area is 264 Å². The Balaban J connectivity index is 1.49. The van der Waals surface area contributed by atoms with Gasteiger partial charge in [-0.1, -0.05) is 75.7 Å². The van der Waals surface area contributed by atoms with Crippen LogP contribution in [0.5, 0.6) is 0 Å². The van der Waals surface area contributed by atoms with E-state index >= 15 is 0 Å². The molecule has 4 nitrogen and oxygen atoms in total. The number of hydrogen-bond acceptors (Lipinski definition) is 4.